The first-order valence-corrected chi connectivity index (χ1v) is 19.0. The van der Waals surface area contributed by atoms with Crippen molar-refractivity contribution in [3.05, 3.63) is 93.6 Å². The van der Waals surface area contributed by atoms with E-state index in [1.807, 2.05) is 38.1 Å². The number of allylic oxidation sites excluding steroid dienone is 2. The van der Waals surface area contributed by atoms with Crippen molar-refractivity contribution in [1.29, 1.82) is 5.41 Å². The summed E-state index contributed by atoms with van der Waals surface area (Å²) in [6.45, 7) is 8.48. The van der Waals surface area contributed by atoms with E-state index >= 15 is 4.39 Å². The number of nitrogens with one attached hydrogen (secondary N) is 3. The quantitative estimate of drug-likeness (QED) is 0.0490. The lowest BCUT2D eigenvalue weighted by atomic mass is 9.92. The van der Waals surface area contributed by atoms with Crippen LogP contribution < -0.4 is 26.0 Å². The third-order valence-electron chi connectivity index (χ3n) is 9.84. The summed E-state index contributed by atoms with van der Waals surface area (Å²) in [5, 5.41) is 21.1. The van der Waals surface area contributed by atoms with Crippen molar-refractivity contribution in [2.45, 2.75) is 38.7 Å². The van der Waals surface area contributed by atoms with Crippen LogP contribution in [-0.2, 0) is 11.8 Å². The highest BCUT2D eigenvalue weighted by molar-refractivity contribution is 6.35. The third kappa shape index (κ3) is 10.0. The van der Waals surface area contributed by atoms with Crippen LogP contribution in [0.4, 0.5) is 21.6 Å². The van der Waals surface area contributed by atoms with Gasteiger partial charge in [-0.15, -0.1) is 0 Å². The predicted octanol–water partition coefficient (Wildman–Crippen LogP) is 7.43. The zero-order chi connectivity index (χ0) is 39.6. The number of carbonyl (C=O) groups is 1. The van der Waals surface area contributed by atoms with E-state index in [1.165, 1.54) is 18.6 Å². The molecule has 1 aliphatic rings. The Kier molecular flexibility index (Phi) is 14.3. The summed E-state index contributed by atoms with van der Waals surface area (Å²) in [5.74, 6) is 1.15. The Hall–Kier alpha value is -4.98. The molecule has 2 aromatic carbocycles. The number of hydrogen-bond acceptors (Lipinski definition) is 10. The number of nitrogens with zero attached hydrogens (tertiary/aromatic N) is 6. The summed E-state index contributed by atoms with van der Waals surface area (Å²) >= 11 is 12.7. The highest BCUT2D eigenvalue weighted by Gasteiger charge is 2.26. The van der Waals surface area contributed by atoms with E-state index in [4.69, 9.17) is 39.1 Å². The number of halogens is 3. The van der Waals surface area contributed by atoms with E-state index < -0.39 is 6.10 Å². The molecule has 0 unspecified atom stereocenters. The molecule has 5 N–H and O–H groups in total. The highest BCUT2D eigenvalue weighted by atomic mass is 35.5. The molecule has 1 aliphatic heterocycles. The van der Waals surface area contributed by atoms with E-state index in [0.717, 1.165) is 23.7 Å². The summed E-state index contributed by atoms with van der Waals surface area (Å²) in [4.78, 5) is 25.5. The third-order valence-corrected chi connectivity index (χ3v) is 10.4. The normalized spacial score (nSPS) is 14.4. The Labute approximate surface area is 331 Å². The Morgan fingerprint density at radius 3 is 2.60 bits per heavy atom. The maximum atomic E-state index is 15.3. The highest BCUT2D eigenvalue weighted by Crippen LogP contribution is 2.35. The first-order valence-electron chi connectivity index (χ1n) is 18.2. The van der Waals surface area contributed by atoms with Crippen LogP contribution in [0.2, 0.25) is 10.0 Å². The molecule has 4 aromatic rings. The van der Waals surface area contributed by atoms with Crippen LogP contribution in [0.5, 0.6) is 5.75 Å². The molecule has 0 aliphatic carbocycles. The van der Waals surface area contributed by atoms with E-state index in [2.05, 4.69) is 37.3 Å². The molecule has 1 amide bonds. The molecule has 0 spiro atoms. The van der Waals surface area contributed by atoms with Gasteiger partial charge in [0.25, 0.3) is 0 Å². The number of piperidine rings is 1. The van der Waals surface area contributed by atoms with Gasteiger partial charge in [-0.1, -0.05) is 35.4 Å². The number of carbonyl (C=O) groups excluding carboxylic acids is 1. The topological polar surface area (TPSA) is 150 Å². The molecule has 0 bridgehead atoms. The molecule has 292 valence electrons. The Balaban J connectivity index is 1.18. The second-order valence-corrected chi connectivity index (χ2v) is 14.3. The van der Waals surface area contributed by atoms with Gasteiger partial charge in [0, 0.05) is 99.6 Å². The van der Waals surface area contributed by atoms with Gasteiger partial charge in [0.2, 0.25) is 5.91 Å². The lowest BCUT2D eigenvalue weighted by Gasteiger charge is -2.34. The summed E-state index contributed by atoms with van der Waals surface area (Å²) in [5.41, 5.74) is 9.83. The molecule has 0 saturated carbocycles. The number of likely N-dealkylation sites (N-methyl/N-ethyl adjacent to an activating group) is 1. The first-order chi connectivity index (χ1) is 26.4. The molecule has 55 heavy (non-hydrogen) atoms. The molecular weight excluding hydrogens is 742 g/mol. The fourth-order valence-electron chi connectivity index (χ4n) is 6.84. The molecular formula is C40H49Cl2FN10O2. The molecule has 12 nitrogen and oxygen atoms in total. The van der Waals surface area contributed by atoms with Crippen molar-refractivity contribution < 1.29 is 13.9 Å². The first kappa shape index (κ1) is 41.2. The minimum atomic E-state index is -0.495. The predicted molar refractivity (Wildman–Crippen MR) is 223 cm³/mol. The van der Waals surface area contributed by atoms with E-state index in [0.29, 0.717) is 95.3 Å². The van der Waals surface area contributed by atoms with Gasteiger partial charge in [0.1, 0.15) is 17.7 Å². The number of fused-ring (bicyclic) bond motifs is 1. The van der Waals surface area contributed by atoms with Gasteiger partial charge < -0.3 is 30.9 Å². The van der Waals surface area contributed by atoms with Crippen molar-refractivity contribution in [1.82, 2.24) is 25.0 Å². The van der Waals surface area contributed by atoms with Crippen molar-refractivity contribution in [2.24, 2.45) is 18.0 Å². The number of aromatic nitrogens is 3. The molecule has 1 atom stereocenters. The number of nitrogen functional groups attached to an aromatic ring is 1. The maximum absolute atomic E-state index is 15.3. The van der Waals surface area contributed by atoms with Gasteiger partial charge >= 0.3 is 0 Å². The van der Waals surface area contributed by atoms with Crippen LogP contribution in [0.3, 0.4) is 0 Å². The smallest absolute Gasteiger partial charge is 0.222 e. The summed E-state index contributed by atoms with van der Waals surface area (Å²) in [6.07, 6.45) is 10.3. The van der Waals surface area contributed by atoms with E-state index in [9.17, 15) is 4.79 Å². The summed E-state index contributed by atoms with van der Waals surface area (Å²) in [7, 11) is 5.49. The second kappa shape index (κ2) is 19.1. The molecule has 2 aromatic heterocycles. The lowest BCUT2D eigenvalue weighted by Crippen LogP contribution is -2.40. The number of nitrogens with two attached hydrogens (primary N) is 1. The van der Waals surface area contributed by atoms with Gasteiger partial charge in [-0.25, -0.2) is 4.39 Å². The number of ether oxygens (including phenoxy) is 1. The van der Waals surface area contributed by atoms with Gasteiger partial charge in [-0.3, -0.25) is 24.9 Å². The fraction of sp³-hybridized carbons (Fsp3) is 0.375. The van der Waals surface area contributed by atoms with Crippen LogP contribution in [-0.4, -0.2) is 84.8 Å². The van der Waals surface area contributed by atoms with Crippen molar-refractivity contribution >= 4 is 69.6 Å². The molecule has 1 saturated heterocycles. The Bertz CT molecular complexity index is 2060. The number of anilines is 3. The largest absolute Gasteiger partial charge is 0.486 e. The van der Waals surface area contributed by atoms with Crippen LogP contribution in [0.15, 0.2) is 71.6 Å². The van der Waals surface area contributed by atoms with Crippen molar-refractivity contribution in [2.75, 3.05) is 62.8 Å². The molecule has 3 heterocycles. The van der Waals surface area contributed by atoms with Gasteiger partial charge in [-0.05, 0) is 76.2 Å². The van der Waals surface area contributed by atoms with Gasteiger partial charge in [0.05, 0.1) is 27.0 Å². The average Bonchev–Trinajstić information content (AvgIpc) is 3.47. The van der Waals surface area contributed by atoms with Crippen molar-refractivity contribution in [3.63, 3.8) is 0 Å². The van der Waals surface area contributed by atoms with Crippen LogP contribution in [0.1, 0.15) is 49.8 Å². The number of benzene rings is 2. The van der Waals surface area contributed by atoms with Crippen LogP contribution in [0, 0.1) is 17.1 Å². The fourth-order valence-corrected chi connectivity index (χ4v) is 7.51. The van der Waals surface area contributed by atoms with Crippen molar-refractivity contribution in [3.8, 4) is 5.75 Å². The molecule has 5 rings (SSSR count). The summed E-state index contributed by atoms with van der Waals surface area (Å²) < 4.78 is 23.2. The number of amides is 1. The number of aryl methyl sites for hydroxylation is 1. The minimum Gasteiger partial charge on any atom is -0.486 e. The lowest BCUT2D eigenvalue weighted by molar-refractivity contribution is -0.132. The maximum Gasteiger partial charge on any atom is 0.222 e. The zero-order valence-corrected chi connectivity index (χ0v) is 33.2. The van der Waals surface area contributed by atoms with E-state index in [-0.39, 0.29) is 23.4 Å². The molecule has 0 radical (unpaired) electrons. The van der Waals surface area contributed by atoms with E-state index in [1.54, 1.807) is 42.1 Å². The monoisotopic (exact) mass is 790 g/mol. The number of pyridine rings is 1. The average molecular weight is 792 g/mol. The minimum absolute atomic E-state index is 0.0913. The summed E-state index contributed by atoms with van der Waals surface area (Å²) in [6, 6.07) is 8.51. The second-order valence-electron chi connectivity index (χ2n) is 13.5. The Morgan fingerprint density at radius 2 is 1.93 bits per heavy atom. The van der Waals surface area contributed by atoms with Crippen LogP contribution in [0.25, 0.3) is 10.9 Å². The molecule has 1 fully saturated rings. The number of aliphatic imine (C=N–C) groups is 1. The number of hydrogen-bond donors (Lipinski definition) is 4. The standard InChI is InChI=1S/C40H49Cl2FN10O2/c1-25(38-31(41)23-49-24-32(38)42)55-28-9-10-34(44)29(19-28)39(45)27(22-47-3)8-6-7-14-53(17-13-46-2)37(54)18-26-11-15-52(16-12-26)36-21-35-30(20-33(36)43)40(48-4)50-51(35)5/h6,8-10,19-26,45-46H,3,7,11-18,44H2,1-2,4-5H3,(H,48,50)/b8-6-,27-22+,45-39?/t25-/m1/s1. The zero-order valence-electron chi connectivity index (χ0n) is 31.7. The van der Waals surface area contributed by atoms with Gasteiger partial charge in [0.15, 0.2) is 5.82 Å². The van der Waals surface area contributed by atoms with Crippen LogP contribution >= 0.6 is 23.2 Å². The SMILES string of the molecule is C=N/C=C(\C=C/CCN(CCNC)C(=O)CC1CCN(c2cc3c(cc2F)c(NC)nn3C)CC1)C(=N)c1cc(O[C@H](C)c2c(Cl)cncc2Cl)ccc1N. The molecule has 15 heteroatoms. The Morgan fingerprint density at radius 1 is 1.20 bits per heavy atom. The number of rotatable bonds is 17. The van der Waals surface area contributed by atoms with Gasteiger partial charge in [-0.2, -0.15) is 5.10 Å².